The summed E-state index contributed by atoms with van der Waals surface area (Å²) < 4.78 is 6.71. The third-order valence-electron chi connectivity index (χ3n) is 4.31. The van der Waals surface area contributed by atoms with Crippen LogP contribution in [0.2, 0.25) is 0 Å². The standard InChI is InChI=1S/C18H27BrN2O2/c1-13(23-16-9-6-8-15(19)11-16)18(22)20-17-10-5-4-7-14(17)12-21(2)3/h6,8-9,11,13-14,17H,4-5,7,10,12H2,1-3H3,(H,20,22). The van der Waals surface area contributed by atoms with Crippen molar-refractivity contribution in [3.05, 3.63) is 28.7 Å². The number of hydrogen-bond acceptors (Lipinski definition) is 3. The van der Waals surface area contributed by atoms with Crippen molar-refractivity contribution in [1.82, 2.24) is 10.2 Å². The maximum absolute atomic E-state index is 12.5. The summed E-state index contributed by atoms with van der Waals surface area (Å²) in [6.07, 6.45) is 4.20. The van der Waals surface area contributed by atoms with Gasteiger partial charge in [-0.2, -0.15) is 0 Å². The average molecular weight is 383 g/mol. The highest BCUT2D eigenvalue weighted by atomic mass is 79.9. The number of rotatable bonds is 6. The van der Waals surface area contributed by atoms with Gasteiger partial charge in [0.05, 0.1) is 0 Å². The monoisotopic (exact) mass is 382 g/mol. The van der Waals surface area contributed by atoms with Gasteiger partial charge in [-0.15, -0.1) is 0 Å². The van der Waals surface area contributed by atoms with Crippen LogP contribution in [-0.2, 0) is 4.79 Å². The minimum absolute atomic E-state index is 0.0272. The molecule has 128 valence electrons. The van der Waals surface area contributed by atoms with Gasteiger partial charge in [0.2, 0.25) is 0 Å². The van der Waals surface area contributed by atoms with Crippen LogP contribution in [0.4, 0.5) is 0 Å². The largest absolute Gasteiger partial charge is 0.481 e. The number of carbonyl (C=O) groups is 1. The summed E-state index contributed by atoms with van der Waals surface area (Å²) in [4.78, 5) is 14.7. The third-order valence-corrected chi connectivity index (χ3v) is 4.81. The number of hydrogen-bond donors (Lipinski definition) is 1. The zero-order valence-electron chi connectivity index (χ0n) is 14.2. The van der Waals surface area contributed by atoms with Gasteiger partial charge in [-0.25, -0.2) is 0 Å². The van der Waals surface area contributed by atoms with Crippen molar-refractivity contribution in [1.29, 1.82) is 0 Å². The maximum atomic E-state index is 12.5. The van der Waals surface area contributed by atoms with E-state index in [1.165, 1.54) is 19.3 Å². The van der Waals surface area contributed by atoms with Gasteiger partial charge < -0.3 is 15.0 Å². The second-order valence-corrected chi connectivity index (χ2v) is 7.55. The van der Waals surface area contributed by atoms with E-state index in [1.54, 1.807) is 6.92 Å². The van der Waals surface area contributed by atoms with E-state index in [2.05, 4.69) is 40.2 Å². The molecule has 1 fully saturated rings. The average Bonchev–Trinajstić information content (AvgIpc) is 2.48. The molecule has 1 saturated carbocycles. The molecule has 3 unspecified atom stereocenters. The number of amides is 1. The Hall–Kier alpha value is -1.07. The van der Waals surface area contributed by atoms with Crippen molar-refractivity contribution in [2.24, 2.45) is 5.92 Å². The van der Waals surface area contributed by atoms with Crippen molar-refractivity contribution >= 4 is 21.8 Å². The van der Waals surface area contributed by atoms with E-state index < -0.39 is 6.10 Å². The Labute approximate surface area is 147 Å². The number of nitrogens with one attached hydrogen (secondary N) is 1. The minimum atomic E-state index is -0.494. The van der Waals surface area contributed by atoms with Gasteiger partial charge in [-0.05, 0) is 58.0 Å². The van der Waals surface area contributed by atoms with Gasteiger partial charge in [-0.1, -0.05) is 34.8 Å². The molecule has 1 amide bonds. The third kappa shape index (κ3) is 5.81. The zero-order valence-corrected chi connectivity index (χ0v) is 15.8. The fourth-order valence-electron chi connectivity index (χ4n) is 3.18. The Balaban J connectivity index is 1.91. The van der Waals surface area contributed by atoms with E-state index in [9.17, 15) is 4.79 Å². The Morgan fingerprint density at radius 2 is 2.13 bits per heavy atom. The number of ether oxygens (including phenoxy) is 1. The smallest absolute Gasteiger partial charge is 0.261 e. The molecular weight excluding hydrogens is 356 g/mol. The molecule has 0 spiro atoms. The number of nitrogens with zero attached hydrogens (tertiary/aromatic N) is 1. The molecule has 0 aromatic heterocycles. The first-order chi connectivity index (χ1) is 11.0. The highest BCUT2D eigenvalue weighted by Gasteiger charge is 2.28. The molecule has 23 heavy (non-hydrogen) atoms. The van der Waals surface area contributed by atoms with Crippen molar-refractivity contribution in [2.75, 3.05) is 20.6 Å². The van der Waals surface area contributed by atoms with Gasteiger partial charge in [0.15, 0.2) is 6.10 Å². The Kier molecular flexibility index (Phi) is 6.90. The van der Waals surface area contributed by atoms with Crippen LogP contribution in [0.5, 0.6) is 5.75 Å². The molecule has 4 nitrogen and oxygen atoms in total. The molecule has 0 radical (unpaired) electrons. The van der Waals surface area contributed by atoms with Crippen molar-refractivity contribution in [2.45, 2.75) is 44.8 Å². The van der Waals surface area contributed by atoms with E-state index in [-0.39, 0.29) is 11.9 Å². The summed E-state index contributed by atoms with van der Waals surface area (Å²) in [7, 11) is 4.18. The molecule has 0 saturated heterocycles. The summed E-state index contributed by atoms with van der Waals surface area (Å²) in [5.74, 6) is 1.21. The summed E-state index contributed by atoms with van der Waals surface area (Å²) >= 11 is 3.41. The highest BCUT2D eigenvalue weighted by molar-refractivity contribution is 9.10. The van der Waals surface area contributed by atoms with E-state index in [0.717, 1.165) is 17.4 Å². The molecule has 1 aliphatic rings. The predicted octanol–water partition coefficient (Wildman–Crippen LogP) is 3.45. The molecule has 1 aliphatic carbocycles. The van der Waals surface area contributed by atoms with Crippen LogP contribution in [0, 0.1) is 5.92 Å². The lowest BCUT2D eigenvalue weighted by atomic mass is 9.84. The maximum Gasteiger partial charge on any atom is 0.261 e. The van der Waals surface area contributed by atoms with Gasteiger partial charge in [0, 0.05) is 17.1 Å². The first kappa shape index (κ1) is 18.3. The van der Waals surface area contributed by atoms with Crippen LogP contribution in [0.1, 0.15) is 32.6 Å². The quantitative estimate of drug-likeness (QED) is 0.818. The molecule has 0 aliphatic heterocycles. The van der Waals surface area contributed by atoms with Crippen LogP contribution < -0.4 is 10.1 Å². The Bertz CT molecular complexity index is 521. The summed E-state index contributed by atoms with van der Waals surface area (Å²) in [5, 5.41) is 3.21. The van der Waals surface area contributed by atoms with E-state index >= 15 is 0 Å². The molecular formula is C18H27BrN2O2. The summed E-state index contributed by atoms with van der Waals surface area (Å²) in [6.45, 7) is 2.83. The van der Waals surface area contributed by atoms with Crippen molar-refractivity contribution in [3.8, 4) is 5.75 Å². The topological polar surface area (TPSA) is 41.6 Å². The minimum Gasteiger partial charge on any atom is -0.481 e. The van der Waals surface area contributed by atoms with Gasteiger partial charge in [0.25, 0.3) is 5.91 Å². The van der Waals surface area contributed by atoms with E-state index in [0.29, 0.717) is 11.7 Å². The molecule has 2 rings (SSSR count). The first-order valence-electron chi connectivity index (χ1n) is 8.33. The fourth-order valence-corrected chi connectivity index (χ4v) is 3.56. The number of halogens is 1. The number of carbonyl (C=O) groups excluding carboxylic acids is 1. The van der Waals surface area contributed by atoms with Crippen molar-refractivity contribution in [3.63, 3.8) is 0 Å². The second-order valence-electron chi connectivity index (χ2n) is 6.64. The van der Waals surface area contributed by atoms with Crippen LogP contribution in [0.15, 0.2) is 28.7 Å². The van der Waals surface area contributed by atoms with Crippen LogP contribution in [0.25, 0.3) is 0 Å². The molecule has 5 heteroatoms. The summed E-state index contributed by atoms with van der Waals surface area (Å²) in [6, 6.07) is 7.83. The lowest BCUT2D eigenvalue weighted by Gasteiger charge is -2.34. The molecule has 3 atom stereocenters. The predicted molar refractivity (Wildman–Crippen MR) is 96.7 cm³/mol. The zero-order chi connectivity index (χ0) is 16.8. The van der Waals surface area contributed by atoms with Gasteiger partial charge in [-0.3, -0.25) is 4.79 Å². The van der Waals surface area contributed by atoms with Crippen LogP contribution >= 0.6 is 15.9 Å². The van der Waals surface area contributed by atoms with E-state index in [1.807, 2.05) is 24.3 Å². The Morgan fingerprint density at radius 3 is 2.83 bits per heavy atom. The first-order valence-corrected chi connectivity index (χ1v) is 9.12. The SMILES string of the molecule is CC(Oc1cccc(Br)c1)C(=O)NC1CCCCC1CN(C)C. The van der Waals surface area contributed by atoms with Crippen LogP contribution in [0.3, 0.4) is 0 Å². The van der Waals surface area contributed by atoms with Crippen LogP contribution in [-0.4, -0.2) is 43.6 Å². The molecule has 0 bridgehead atoms. The van der Waals surface area contributed by atoms with Gasteiger partial charge in [0.1, 0.15) is 5.75 Å². The normalized spacial score (nSPS) is 22.7. The second kappa shape index (κ2) is 8.69. The molecule has 1 aromatic rings. The Morgan fingerprint density at radius 1 is 1.39 bits per heavy atom. The summed E-state index contributed by atoms with van der Waals surface area (Å²) in [5.41, 5.74) is 0. The highest BCUT2D eigenvalue weighted by Crippen LogP contribution is 2.25. The molecule has 0 heterocycles. The molecule has 1 N–H and O–H groups in total. The number of benzene rings is 1. The van der Waals surface area contributed by atoms with Gasteiger partial charge >= 0.3 is 0 Å². The fraction of sp³-hybridized carbons (Fsp3) is 0.611. The van der Waals surface area contributed by atoms with E-state index in [4.69, 9.17) is 4.74 Å². The van der Waals surface area contributed by atoms with Crippen molar-refractivity contribution < 1.29 is 9.53 Å². The molecule has 1 aromatic carbocycles. The lowest BCUT2D eigenvalue weighted by Crippen LogP contribution is -2.49. The lowest BCUT2D eigenvalue weighted by molar-refractivity contribution is -0.128.